The van der Waals surface area contributed by atoms with Gasteiger partial charge in [0.1, 0.15) is 0 Å². The van der Waals surface area contributed by atoms with Crippen LogP contribution in [0.5, 0.6) is 0 Å². The number of rotatable bonds is 4. The molecule has 241 valence electrons. The van der Waals surface area contributed by atoms with Crippen molar-refractivity contribution in [3.8, 4) is 0 Å². The topological polar surface area (TPSA) is 19.4 Å². The van der Waals surface area contributed by atoms with Crippen molar-refractivity contribution in [2.45, 2.75) is 41.5 Å². The van der Waals surface area contributed by atoms with E-state index in [0.717, 1.165) is 48.1 Å². The van der Waals surface area contributed by atoms with Crippen LogP contribution >= 0.6 is 19.4 Å². The molecule has 0 amide bonds. The van der Waals surface area contributed by atoms with Crippen molar-refractivity contribution >= 4 is 49.1 Å². The van der Waals surface area contributed by atoms with Gasteiger partial charge in [0, 0.05) is 0 Å². The van der Waals surface area contributed by atoms with E-state index in [1.54, 1.807) is 0 Å². The molecule has 0 unspecified atom stereocenters. The summed E-state index contributed by atoms with van der Waals surface area (Å²) in [6.07, 6.45) is 4.10. The van der Waals surface area contributed by atoms with Crippen LogP contribution in [0.4, 0.5) is 11.4 Å². The molecular weight excluding hydrogens is 706 g/mol. The molecule has 1 aromatic heterocycles. The Bertz CT molecular complexity index is 2140. The molecule has 3 nitrogen and oxygen atoms in total. The number of hydrogen-bond donors (Lipinski definition) is 0. The monoisotopic (exact) mass is 746 g/mol. The van der Waals surface area contributed by atoms with E-state index in [-0.39, 0.29) is 0 Å². The van der Waals surface area contributed by atoms with Gasteiger partial charge in [0.05, 0.1) is 0 Å². The average Bonchev–Trinajstić information content (AvgIpc) is 3.65. The maximum atomic E-state index is 8.65. The molecule has 6 heteroatoms. The van der Waals surface area contributed by atoms with Gasteiger partial charge in [-0.05, 0) is 0 Å². The molecule has 0 radical (unpaired) electrons. The molecule has 2 heterocycles. The molecule has 7 rings (SSSR count). The zero-order chi connectivity index (χ0) is 33.1. The van der Waals surface area contributed by atoms with Gasteiger partial charge >= 0.3 is 289 Å². The standard InChI is InChI=1S/C21H26N2.C15H10.C5H4N.2ClH.Ru/c1-14-9-16(3)20(17(4)10-14)22-7-8-23(13-22)21-18(5)11-15(2)12-19(21)6;1-2-6-12(7-3-1)15-11-10-13-8-4-5-9-14(13)15;1-2-4-6-5-3-1;;;/h9-12H,7-8H2,1-6H3;1-9,11H;1-4H;2*1H;/q;;;;;+2/p-2. The maximum absolute atomic E-state index is 8.65. The van der Waals surface area contributed by atoms with Crippen LogP contribution in [-0.4, -0.2) is 26.5 Å². The van der Waals surface area contributed by atoms with E-state index in [0.29, 0.717) is 0 Å². The van der Waals surface area contributed by atoms with Crippen LogP contribution in [0.3, 0.4) is 0 Å². The van der Waals surface area contributed by atoms with E-state index in [1.807, 2.05) is 24.4 Å². The molecule has 2 aliphatic rings. The molecule has 1 fully saturated rings. The van der Waals surface area contributed by atoms with E-state index in [1.165, 1.54) is 44.8 Å². The van der Waals surface area contributed by atoms with Crippen molar-refractivity contribution in [1.82, 2.24) is 4.98 Å². The summed E-state index contributed by atoms with van der Waals surface area (Å²) in [5.74, 6) is 0. The summed E-state index contributed by atoms with van der Waals surface area (Å²) in [5, 5.41) is 0. The molecule has 0 atom stereocenters. The first-order chi connectivity index (χ1) is 22.5. The van der Waals surface area contributed by atoms with Crippen molar-refractivity contribution in [1.29, 1.82) is 0 Å². The Kier molecular flexibility index (Phi) is 7.99. The molecular formula is C41H40Cl2N3Ru. The van der Waals surface area contributed by atoms with Crippen LogP contribution in [0, 0.1) is 41.5 Å². The van der Waals surface area contributed by atoms with E-state index >= 15 is 0 Å². The second kappa shape index (κ2) is 11.8. The number of halogens is 2. The number of benzene rings is 4. The Morgan fingerprint density at radius 2 is 1.09 bits per heavy atom. The SMILES string of the molecule is Cc1cc(C)c(N2CCN(c3c(C)cc(C)cc3C)[C]2=[Ru]([Cl])([Cl])(=[C]2C=C(c3ccccc3)c3ccccc32)[c]2ccccn2)c(C)c1. The molecule has 5 aromatic rings. The summed E-state index contributed by atoms with van der Waals surface area (Å²) < 4.78 is 2.65. The minimum absolute atomic E-state index is 0.736. The Hall–Kier alpha value is -3.69. The first kappa shape index (κ1) is 31.9. The third-order valence-electron chi connectivity index (χ3n) is 9.16. The predicted octanol–water partition coefficient (Wildman–Crippen LogP) is 9.33. The Morgan fingerprint density at radius 3 is 1.60 bits per heavy atom. The number of pyridine rings is 1. The number of aromatic nitrogens is 1. The number of fused-ring (bicyclic) bond motifs is 1. The van der Waals surface area contributed by atoms with E-state index < -0.39 is 10.7 Å². The summed E-state index contributed by atoms with van der Waals surface area (Å²) in [5.41, 5.74) is 14.1. The van der Waals surface area contributed by atoms with Gasteiger partial charge < -0.3 is 0 Å². The average molecular weight is 747 g/mol. The van der Waals surface area contributed by atoms with Gasteiger partial charge in [0.25, 0.3) is 0 Å². The van der Waals surface area contributed by atoms with Crippen molar-refractivity contribution in [3.05, 3.63) is 159 Å². The van der Waals surface area contributed by atoms with E-state index in [2.05, 4.69) is 136 Å². The van der Waals surface area contributed by atoms with Gasteiger partial charge in [-0.15, -0.1) is 0 Å². The van der Waals surface area contributed by atoms with Gasteiger partial charge in [0.15, 0.2) is 0 Å². The molecule has 0 spiro atoms. The third-order valence-corrected chi connectivity index (χ3v) is 20.6. The van der Waals surface area contributed by atoms with Crippen molar-refractivity contribution in [2.75, 3.05) is 22.9 Å². The third kappa shape index (κ3) is 5.08. The fraction of sp³-hybridized carbons (Fsp3) is 0.195. The summed E-state index contributed by atoms with van der Waals surface area (Å²) >= 11 is 0. The van der Waals surface area contributed by atoms with Crippen molar-refractivity contribution in [2.24, 2.45) is 0 Å². The molecule has 1 saturated heterocycles. The van der Waals surface area contributed by atoms with Crippen LogP contribution < -0.4 is 14.1 Å². The normalized spacial score (nSPS) is 15.5. The molecule has 4 aromatic carbocycles. The van der Waals surface area contributed by atoms with Crippen LogP contribution in [0.2, 0.25) is 0 Å². The summed E-state index contributed by atoms with van der Waals surface area (Å²) in [6.45, 7) is 14.6. The van der Waals surface area contributed by atoms with Crippen LogP contribution in [0.15, 0.2) is 109 Å². The van der Waals surface area contributed by atoms with Crippen LogP contribution in [0.25, 0.3) is 5.57 Å². The Labute approximate surface area is 287 Å². The van der Waals surface area contributed by atoms with Crippen molar-refractivity contribution in [3.63, 3.8) is 0 Å². The fourth-order valence-corrected chi connectivity index (χ4v) is 18.3. The Balaban J connectivity index is 1.75. The van der Waals surface area contributed by atoms with Crippen LogP contribution in [0.1, 0.15) is 50.1 Å². The molecule has 1 aliphatic heterocycles. The second-order valence-corrected chi connectivity index (χ2v) is 26.0. The molecule has 47 heavy (non-hydrogen) atoms. The first-order valence-electron chi connectivity index (χ1n) is 16.0. The zero-order valence-corrected chi connectivity index (χ0v) is 31.0. The predicted molar refractivity (Wildman–Crippen MR) is 201 cm³/mol. The van der Waals surface area contributed by atoms with Crippen LogP contribution in [-0.2, 0) is 10.7 Å². The molecule has 0 saturated carbocycles. The first-order valence-corrected chi connectivity index (χ1v) is 23.1. The van der Waals surface area contributed by atoms with Gasteiger partial charge in [-0.25, -0.2) is 0 Å². The van der Waals surface area contributed by atoms with Gasteiger partial charge in [-0.2, -0.15) is 0 Å². The fourth-order valence-electron chi connectivity index (χ4n) is 7.56. The van der Waals surface area contributed by atoms with Gasteiger partial charge in [-0.1, -0.05) is 0 Å². The number of anilines is 2. The zero-order valence-electron chi connectivity index (χ0n) is 27.8. The van der Waals surface area contributed by atoms with Gasteiger partial charge in [0.2, 0.25) is 0 Å². The molecule has 0 bridgehead atoms. The van der Waals surface area contributed by atoms with E-state index in [4.69, 9.17) is 24.4 Å². The molecule has 0 N–H and O–H groups in total. The summed E-state index contributed by atoms with van der Waals surface area (Å²) in [7, 11) is 12.1. The van der Waals surface area contributed by atoms with E-state index in [9.17, 15) is 0 Å². The Morgan fingerprint density at radius 1 is 0.596 bits per heavy atom. The quantitative estimate of drug-likeness (QED) is 0.171. The number of allylic oxidation sites excluding steroid dienone is 1. The second-order valence-electron chi connectivity index (χ2n) is 12.7. The number of nitrogens with zero attached hydrogens (tertiary/aromatic N) is 3. The van der Waals surface area contributed by atoms with Crippen molar-refractivity contribution < 1.29 is 10.7 Å². The number of hydrogen-bond acceptors (Lipinski definition) is 3. The minimum atomic E-state index is -5.19. The summed E-state index contributed by atoms with van der Waals surface area (Å²) in [4.78, 5) is 9.92. The van der Waals surface area contributed by atoms with Gasteiger partial charge in [-0.3, -0.25) is 0 Å². The number of aryl methyl sites for hydroxylation is 6. The molecule has 1 aliphatic carbocycles. The summed E-state index contributed by atoms with van der Waals surface area (Å²) in [6, 6.07) is 34.2.